The number of amides is 2. The topological polar surface area (TPSA) is 78.4 Å². The van der Waals surface area contributed by atoms with E-state index in [2.05, 4.69) is 10.6 Å². The Bertz CT molecular complexity index is 605. The molecule has 2 rings (SSSR count). The second-order valence-corrected chi connectivity index (χ2v) is 4.83. The Balaban J connectivity index is 2.03. The van der Waals surface area contributed by atoms with Crippen molar-refractivity contribution >= 4 is 34.0 Å². The highest BCUT2D eigenvalue weighted by molar-refractivity contribution is 7.14. The first-order chi connectivity index (χ1) is 9.06. The van der Waals surface area contributed by atoms with Crippen LogP contribution in [0.4, 0.5) is 15.5 Å². The zero-order valence-corrected chi connectivity index (χ0v) is 11.0. The van der Waals surface area contributed by atoms with Gasteiger partial charge in [-0.15, -0.1) is 11.3 Å². The fourth-order valence-electron chi connectivity index (χ4n) is 1.48. The Labute approximate surface area is 113 Å². The van der Waals surface area contributed by atoms with E-state index in [1.807, 2.05) is 19.1 Å². The Morgan fingerprint density at radius 1 is 1.11 bits per heavy atom. The van der Waals surface area contributed by atoms with Crippen molar-refractivity contribution in [2.75, 3.05) is 10.6 Å². The van der Waals surface area contributed by atoms with Crippen molar-refractivity contribution in [2.45, 2.75) is 6.92 Å². The fourth-order valence-corrected chi connectivity index (χ4v) is 2.25. The van der Waals surface area contributed by atoms with E-state index in [4.69, 9.17) is 5.11 Å². The molecular formula is C13H12N2O3S. The van der Waals surface area contributed by atoms with Gasteiger partial charge in [0.1, 0.15) is 5.00 Å². The summed E-state index contributed by atoms with van der Waals surface area (Å²) in [4.78, 5) is 22.6. The van der Waals surface area contributed by atoms with Crippen LogP contribution in [0.1, 0.15) is 15.9 Å². The quantitative estimate of drug-likeness (QED) is 0.804. The van der Waals surface area contributed by atoms with Gasteiger partial charge in [-0.2, -0.15) is 0 Å². The standard InChI is InChI=1S/C13H12N2O3S/c1-8-2-4-9(5-3-8)14-13(18)15-11-10(12(16)17)6-7-19-11/h2-7H,1H3,(H,16,17)(H2,14,15,18). The van der Waals surface area contributed by atoms with Gasteiger partial charge in [0.2, 0.25) is 0 Å². The molecule has 0 aliphatic carbocycles. The number of benzene rings is 1. The van der Waals surface area contributed by atoms with Crippen LogP contribution in [0.5, 0.6) is 0 Å². The zero-order chi connectivity index (χ0) is 13.8. The lowest BCUT2D eigenvalue weighted by atomic mass is 10.2. The van der Waals surface area contributed by atoms with Crippen molar-refractivity contribution in [1.82, 2.24) is 0 Å². The summed E-state index contributed by atoms with van der Waals surface area (Å²) in [7, 11) is 0. The fraction of sp³-hybridized carbons (Fsp3) is 0.0769. The number of carboxylic acids is 1. The number of urea groups is 1. The minimum Gasteiger partial charge on any atom is -0.478 e. The van der Waals surface area contributed by atoms with Crippen LogP contribution in [0, 0.1) is 6.92 Å². The molecule has 1 aromatic carbocycles. The molecule has 0 atom stereocenters. The van der Waals surface area contributed by atoms with E-state index in [0.29, 0.717) is 10.7 Å². The molecule has 0 saturated carbocycles. The summed E-state index contributed by atoms with van der Waals surface area (Å²) in [6.45, 7) is 1.95. The largest absolute Gasteiger partial charge is 0.478 e. The van der Waals surface area contributed by atoms with E-state index in [0.717, 1.165) is 5.56 Å². The first-order valence-corrected chi connectivity index (χ1v) is 6.39. The summed E-state index contributed by atoms with van der Waals surface area (Å²) in [6.07, 6.45) is 0. The lowest BCUT2D eigenvalue weighted by molar-refractivity contribution is 0.0698. The summed E-state index contributed by atoms with van der Waals surface area (Å²) in [5.74, 6) is -1.06. The van der Waals surface area contributed by atoms with Crippen LogP contribution < -0.4 is 10.6 Å². The number of carbonyl (C=O) groups is 2. The molecule has 1 aromatic heterocycles. The van der Waals surface area contributed by atoms with Crippen LogP contribution >= 0.6 is 11.3 Å². The van der Waals surface area contributed by atoms with Crippen molar-refractivity contribution in [2.24, 2.45) is 0 Å². The number of thiophene rings is 1. The van der Waals surface area contributed by atoms with Gasteiger partial charge in [0.05, 0.1) is 5.56 Å². The molecule has 0 spiro atoms. The number of carboxylic acid groups (broad SMARTS) is 1. The second kappa shape index (κ2) is 5.53. The van der Waals surface area contributed by atoms with Gasteiger partial charge >= 0.3 is 12.0 Å². The molecule has 6 heteroatoms. The van der Waals surface area contributed by atoms with Crippen LogP contribution in [0.2, 0.25) is 0 Å². The van der Waals surface area contributed by atoms with Crippen molar-refractivity contribution in [3.8, 4) is 0 Å². The maximum atomic E-state index is 11.7. The highest BCUT2D eigenvalue weighted by Crippen LogP contribution is 2.23. The summed E-state index contributed by atoms with van der Waals surface area (Å²) in [5.41, 5.74) is 1.83. The lowest BCUT2D eigenvalue weighted by Crippen LogP contribution is -2.19. The minimum absolute atomic E-state index is 0.0871. The molecule has 3 N–H and O–H groups in total. The number of rotatable bonds is 3. The van der Waals surface area contributed by atoms with E-state index >= 15 is 0 Å². The molecule has 1 heterocycles. The van der Waals surface area contributed by atoms with Gasteiger partial charge in [0.25, 0.3) is 0 Å². The van der Waals surface area contributed by atoms with Crippen LogP contribution in [0.25, 0.3) is 0 Å². The molecule has 0 aliphatic heterocycles. The van der Waals surface area contributed by atoms with Gasteiger partial charge in [-0.05, 0) is 30.5 Å². The van der Waals surface area contributed by atoms with E-state index in [-0.39, 0.29) is 5.56 Å². The number of aryl methyl sites for hydroxylation is 1. The van der Waals surface area contributed by atoms with Crippen LogP contribution in [-0.4, -0.2) is 17.1 Å². The maximum Gasteiger partial charge on any atom is 0.338 e. The van der Waals surface area contributed by atoms with Crippen molar-refractivity contribution < 1.29 is 14.7 Å². The molecule has 5 nitrogen and oxygen atoms in total. The van der Waals surface area contributed by atoms with Gasteiger partial charge in [-0.3, -0.25) is 5.32 Å². The zero-order valence-electron chi connectivity index (χ0n) is 10.1. The number of anilines is 2. The highest BCUT2D eigenvalue weighted by Gasteiger charge is 2.13. The molecule has 0 unspecified atom stereocenters. The molecule has 0 bridgehead atoms. The van der Waals surface area contributed by atoms with Crippen molar-refractivity contribution in [3.63, 3.8) is 0 Å². The second-order valence-electron chi connectivity index (χ2n) is 3.91. The van der Waals surface area contributed by atoms with Crippen LogP contribution in [-0.2, 0) is 0 Å². The Morgan fingerprint density at radius 2 is 1.79 bits per heavy atom. The van der Waals surface area contributed by atoms with Crippen molar-refractivity contribution in [1.29, 1.82) is 0 Å². The smallest absolute Gasteiger partial charge is 0.338 e. The van der Waals surface area contributed by atoms with E-state index < -0.39 is 12.0 Å². The summed E-state index contributed by atoms with van der Waals surface area (Å²) in [5, 5.41) is 16.0. The first kappa shape index (κ1) is 13.1. The molecule has 19 heavy (non-hydrogen) atoms. The van der Waals surface area contributed by atoms with Gasteiger partial charge in [-0.1, -0.05) is 17.7 Å². The monoisotopic (exact) mass is 276 g/mol. The van der Waals surface area contributed by atoms with Gasteiger partial charge < -0.3 is 10.4 Å². The number of hydrogen-bond donors (Lipinski definition) is 3. The number of nitrogens with one attached hydrogen (secondary N) is 2. The molecule has 0 saturated heterocycles. The van der Waals surface area contributed by atoms with Crippen LogP contribution in [0.3, 0.4) is 0 Å². The predicted octanol–water partition coefficient (Wildman–Crippen LogP) is 3.40. The number of aromatic carboxylic acids is 1. The normalized spacial score (nSPS) is 9.95. The highest BCUT2D eigenvalue weighted by atomic mass is 32.1. The molecule has 2 amide bonds. The Morgan fingerprint density at radius 3 is 2.42 bits per heavy atom. The first-order valence-electron chi connectivity index (χ1n) is 5.52. The Hall–Kier alpha value is -2.34. The molecular weight excluding hydrogens is 264 g/mol. The summed E-state index contributed by atoms with van der Waals surface area (Å²) < 4.78 is 0. The third-order valence-corrected chi connectivity index (χ3v) is 3.26. The molecule has 0 fully saturated rings. The predicted molar refractivity (Wildman–Crippen MR) is 75.1 cm³/mol. The average molecular weight is 276 g/mol. The van der Waals surface area contributed by atoms with Gasteiger partial charge in [-0.25, -0.2) is 9.59 Å². The maximum absolute atomic E-state index is 11.7. The SMILES string of the molecule is Cc1ccc(NC(=O)Nc2sccc2C(=O)O)cc1. The van der Waals surface area contributed by atoms with E-state index in [1.165, 1.54) is 17.4 Å². The van der Waals surface area contributed by atoms with Crippen LogP contribution in [0.15, 0.2) is 35.7 Å². The third-order valence-electron chi connectivity index (χ3n) is 2.43. The average Bonchev–Trinajstić information content (AvgIpc) is 2.80. The molecule has 98 valence electrons. The number of hydrogen-bond acceptors (Lipinski definition) is 3. The number of carbonyl (C=O) groups excluding carboxylic acids is 1. The van der Waals surface area contributed by atoms with E-state index in [1.54, 1.807) is 17.5 Å². The Kier molecular flexibility index (Phi) is 3.82. The third kappa shape index (κ3) is 3.32. The lowest BCUT2D eigenvalue weighted by Gasteiger charge is -2.07. The molecule has 0 radical (unpaired) electrons. The van der Waals surface area contributed by atoms with Crippen molar-refractivity contribution in [3.05, 3.63) is 46.8 Å². The summed E-state index contributed by atoms with van der Waals surface area (Å²) in [6, 6.07) is 8.30. The van der Waals surface area contributed by atoms with E-state index in [9.17, 15) is 9.59 Å². The molecule has 2 aromatic rings. The molecule has 0 aliphatic rings. The summed E-state index contributed by atoms with van der Waals surface area (Å²) >= 11 is 1.17. The van der Waals surface area contributed by atoms with Gasteiger partial charge in [0.15, 0.2) is 0 Å². The minimum atomic E-state index is -1.06. The van der Waals surface area contributed by atoms with Gasteiger partial charge in [0, 0.05) is 5.69 Å².